The van der Waals surface area contributed by atoms with Gasteiger partial charge in [0.15, 0.2) is 6.61 Å². The molecule has 0 atom stereocenters. The molecule has 2 aromatic rings. The number of benzene rings is 1. The summed E-state index contributed by atoms with van der Waals surface area (Å²) >= 11 is 6.28. The molecule has 0 aliphatic carbocycles. The zero-order valence-electron chi connectivity index (χ0n) is 13.3. The number of methoxy groups -OCH3 is 1. The van der Waals surface area contributed by atoms with E-state index in [1.807, 2.05) is 0 Å². The van der Waals surface area contributed by atoms with E-state index in [0.29, 0.717) is 0 Å². The third kappa shape index (κ3) is 4.47. The molecule has 0 spiro atoms. The normalized spacial score (nSPS) is 11.3. The molecule has 5 nitrogen and oxygen atoms in total. The van der Waals surface area contributed by atoms with Crippen LogP contribution in [0.1, 0.15) is 16.1 Å². The first-order valence-electron chi connectivity index (χ1n) is 7.07. The zero-order chi connectivity index (χ0) is 19.5. The number of aromatic nitrogens is 1. The summed E-state index contributed by atoms with van der Waals surface area (Å²) in [5.41, 5.74) is -0.188. The predicted octanol–water partition coefficient (Wildman–Crippen LogP) is 4.22. The molecule has 10 heteroatoms. The minimum Gasteiger partial charge on any atom is -0.482 e. The Morgan fingerprint density at radius 2 is 1.92 bits per heavy atom. The molecule has 1 aromatic heterocycles. The first-order chi connectivity index (χ1) is 12.2. The van der Waals surface area contributed by atoms with E-state index in [0.717, 1.165) is 4.57 Å². The van der Waals surface area contributed by atoms with E-state index in [1.165, 1.54) is 31.4 Å². The summed E-state index contributed by atoms with van der Waals surface area (Å²) in [6, 6.07) is 7.06. The molecule has 0 N–H and O–H groups in total. The molecule has 0 unspecified atom stereocenters. The molecule has 1 heterocycles. The van der Waals surface area contributed by atoms with Crippen LogP contribution in [0.15, 0.2) is 39.6 Å². The quantitative estimate of drug-likeness (QED) is 0.457. The van der Waals surface area contributed by atoms with Gasteiger partial charge in [0.05, 0.1) is 28.5 Å². The van der Waals surface area contributed by atoms with Crippen LogP contribution in [0.2, 0.25) is 0 Å². The molecule has 0 aliphatic rings. The Balaban J connectivity index is 2.71. The molecular formula is C16H12Br2F3NO4. The molecule has 140 valence electrons. The van der Waals surface area contributed by atoms with Gasteiger partial charge in [0, 0.05) is 5.33 Å². The molecule has 0 saturated carbocycles. The van der Waals surface area contributed by atoms with E-state index in [4.69, 9.17) is 9.47 Å². The summed E-state index contributed by atoms with van der Waals surface area (Å²) in [5.74, 6) is -0.842. The molecule has 0 fully saturated rings. The minimum absolute atomic E-state index is 0.0493. The van der Waals surface area contributed by atoms with Gasteiger partial charge < -0.3 is 9.47 Å². The zero-order valence-corrected chi connectivity index (χ0v) is 16.4. The summed E-state index contributed by atoms with van der Waals surface area (Å²) in [7, 11) is 1.18. The number of hydrogen-bond acceptors (Lipinski definition) is 4. The summed E-state index contributed by atoms with van der Waals surface area (Å²) in [4.78, 5) is 24.7. The fourth-order valence-electron chi connectivity index (χ4n) is 2.22. The van der Waals surface area contributed by atoms with Crippen molar-refractivity contribution < 1.29 is 27.4 Å². The Morgan fingerprint density at radius 1 is 1.27 bits per heavy atom. The average Bonchev–Trinajstić information content (AvgIpc) is 2.60. The van der Waals surface area contributed by atoms with Gasteiger partial charge in [0.25, 0.3) is 5.56 Å². The standard InChI is InChI=1S/C16H12Br2F3NO4/c1-25-15(24)9-6-10(18)14(23)22(12(9)7-17)11-4-2-3-5-13(11)26-8-16(19,20)21/h2-6H,7-8H2,1H3. The highest BCUT2D eigenvalue weighted by atomic mass is 79.9. The lowest BCUT2D eigenvalue weighted by Gasteiger charge is -2.19. The average molecular weight is 499 g/mol. The number of hydrogen-bond donors (Lipinski definition) is 0. The third-order valence-corrected chi connectivity index (χ3v) is 4.39. The van der Waals surface area contributed by atoms with Crippen molar-refractivity contribution in [2.24, 2.45) is 0 Å². The second-order valence-corrected chi connectivity index (χ2v) is 6.41. The number of para-hydroxylation sites is 2. The highest BCUT2D eigenvalue weighted by molar-refractivity contribution is 9.10. The van der Waals surface area contributed by atoms with Crippen LogP contribution in [-0.4, -0.2) is 30.4 Å². The summed E-state index contributed by atoms with van der Waals surface area (Å²) in [5, 5.41) is 0.0769. The van der Waals surface area contributed by atoms with Crippen LogP contribution < -0.4 is 10.3 Å². The van der Waals surface area contributed by atoms with E-state index >= 15 is 0 Å². The van der Waals surface area contributed by atoms with Crippen molar-refractivity contribution in [3.05, 3.63) is 56.4 Å². The molecular weight excluding hydrogens is 487 g/mol. The number of carbonyl (C=O) groups excluding carboxylic acids is 1. The number of pyridine rings is 1. The number of nitrogens with zero attached hydrogens (tertiary/aromatic N) is 1. The van der Waals surface area contributed by atoms with E-state index in [1.54, 1.807) is 6.07 Å². The third-order valence-electron chi connectivity index (χ3n) is 3.29. The molecule has 0 saturated heterocycles. The van der Waals surface area contributed by atoms with Gasteiger partial charge in [-0.25, -0.2) is 4.79 Å². The fraction of sp³-hybridized carbons (Fsp3) is 0.250. The Bertz CT molecular complexity index is 881. The fourth-order valence-corrected chi connectivity index (χ4v) is 3.18. The Labute approximate surface area is 163 Å². The molecule has 0 bridgehead atoms. The number of ether oxygens (including phenoxy) is 2. The number of carbonyl (C=O) groups is 1. The largest absolute Gasteiger partial charge is 0.482 e. The van der Waals surface area contributed by atoms with E-state index in [9.17, 15) is 22.8 Å². The number of esters is 1. The Kier molecular flexibility index (Phi) is 6.51. The second kappa shape index (κ2) is 8.26. The number of alkyl halides is 4. The second-order valence-electron chi connectivity index (χ2n) is 4.99. The van der Waals surface area contributed by atoms with Crippen molar-refractivity contribution in [1.29, 1.82) is 0 Å². The highest BCUT2D eigenvalue weighted by Gasteiger charge is 2.29. The minimum atomic E-state index is -4.54. The first-order valence-corrected chi connectivity index (χ1v) is 8.98. The van der Waals surface area contributed by atoms with E-state index in [-0.39, 0.29) is 32.5 Å². The first kappa shape index (κ1) is 20.5. The van der Waals surface area contributed by atoms with Crippen LogP contribution in [0.5, 0.6) is 5.75 Å². The number of rotatable bonds is 5. The smallest absolute Gasteiger partial charge is 0.422 e. The van der Waals surface area contributed by atoms with Gasteiger partial charge in [-0.2, -0.15) is 13.2 Å². The van der Waals surface area contributed by atoms with Crippen LogP contribution in [-0.2, 0) is 10.1 Å². The summed E-state index contributed by atoms with van der Waals surface area (Å²) in [6.07, 6.45) is -4.54. The van der Waals surface area contributed by atoms with Crippen LogP contribution in [0.4, 0.5) is 13.2 Å². The molecule has 0 amide bonds. The molecule has 26 heavy (non-hydrogen) atoms. The molecule has 2 rings (SSSR count). The van der Waals surface area contributed by atoms with Crippen molar-refractivity contribution in [2.75, 3.05) is 13.7 Å². The van der Waals surface area contributed by atoms with Crippen LogP contribution in [0.25, 0.3) is 5.69 Å². The van der Waals surface area contributed by atoms with Crippen molar-refractivity contribution >= 4 is 37.8 Å². The van der Waals surface area contributed by atoms with Crippen molar-refractivity contribution in [3.63, 3.8) is 0 Å². The van der Waals surface area contributed by atoms with Gasteiger partial charge >= 0.3 is 12.1 Å². The van der Waals surface area contributed by atoms with E-state index in [2.05, 4.69) is 31.9 Å². The van der Waals surface area contributed by atoms with Crippen molar-refractivity contribution in [2.45, 2.75) is 11.5 Å². The lowest BCUT2D eigenvalue weighted by atomic mass is 10.1. The molecule has 1 aromatic carbocycles. The van der Waals surface area contributed by atoms with Gasteiger partial charge in [-0.1, -0.05) is 28.1 Å². The highest BCUT2D eigenvalue weighted by Crippen LogP contribution is 2.28. The molecule has 0 radical (unpaired) electrons. The monoisotopic (exact) mass is 497 g/mol. The van der Waals surface area contributed by atoms with Gasteiger partial charge in [-0.15, -0.1) is 0 Å². The van der Waals surface area contributed by atoms with Crippen molar-refractivity contribution in [1.82, 2.24) is 4.57 Å². The van der Waals surface area contributed by atoms with Crippen molar-refractivity contribution in [3.8, 4) is 11.4 Å². The SMILES string of the molecule is COC(=O)c1cc(Br)c(=O)n(-c2ccccc2OCC(F)(F)F)c1CBr. The number of halogens is 5. The Hall–Kier alpha value is -1.81. The molecule has 0 aliphatic heterocycles. The lowest BCUT2D eigenvalue weighted by molar-refractivity contribution is -0.153. The van der Waals surface area contributed by atoms with E-state index < -0.39 is 24.3 Å². The lowest BCUT2D eigenvalue weighted by Crippen LogP contribution is -2.27. The van der Waals surface area contributed by atoms with Gasteiger partial charge in [0.1, 0.15) is 5.75 Å². The maximum absolute atomic E-state index is 12.6. The van der Waals surface area contributed by atoms with Gasteiger partial charge in [-0.05, 0) is 34.1 Å². The van der Waals surface area contributed by atoms with Crippen LogP contribution in [0.3, 0.4) is 0 Å². The van der Waals surface area contributed by atoms with Crippen LogP contribution in [0, 0.1) is 0 Å². The summed E-state index contributed by atoms with van der Waals surface area (Å²) in [6.45, 7) is -1.51. The van der Waals surface area contributed by atoms with Gasteiger partial charge in [0.2, 0.25) is 0 Å². The topological polar surface area (TPSA) is 57.5 Å². The maximum atomic E-state index is 12.6. The Morgan fingerprint density at radius 3 is 2.50 bits per heavy atom. The van der Waals surface area contributed by atoms with Crippen LogP contribution >= 0.6 is 31.9 Å². The summed E-state index contributed by atoms with van der Waals surface area (Å²) < 4.78 is 48.2. The maximum Gasteiger partial charge on any atom is 0.422 e. The predicted molar refractivity (Wildman–Crippen MR) is 95.3 cm³/mol. The van der Waals surface area contributed by atoms with Gasteiger partial charge in [-0.3, -0.25) is 9.36 Å².